The van der Waals surface area contributed by atoms with Crippen LogP contribution in [0.1, 0.15) is 15.9 Å². The van der Waals surface area contributed by atoms with Crippen molar-refractivity contribution in [3.8, 4) is 5.75 Å². The van der Waals surface area contributed by atoms with Crippen molar-refractivity contribution in [2.75, 3.05) is 5.32 Å². The number of amides is 1. The predicted molar refractivity (Wildman–Crippen MR) is 73.8 cm³/mol. The van der Waals surface area contributed by atoms with E-state index in [1.807, 2.05) is 19.1 Å². The Morgan fingerprint density at radius 2 is 2.00 bits per heavy atom. The molecule has 0 aliphatic carbocycles. The van der Waals surface area contributed by atoms with Gasteiger partial charge in [-0.05, 0) is 48.9 Å². The van der Waals surface area contributed by atoms with Crippen LogP contribution in [0.5, 0.6) is 5.75 Å². The maximum atomic E-state index is 12.0. The highest BCUT2D eigenvalue weighted by molar-refractivity contribution is 6.03. The van der Waals surface area contributed by atoms with Gasteiger partial charge in [0.1, 0.15) is 5.75 Å². The van der Waals surface area contributed by atoms with E-state index in [9.17, 15) is 9.90 Å². The molecule has 0 bridgehead atoms. The fourth-order valence-corrected chi connectivity index (χ4v) is 1.82. The summed E-state index contributed by atoms with van der Waals surface area (Å²) in [5.74, 6) is 0.0363. The number of fused-ring (bicyclic) bond motifs is 1. The molecular weight excluding hydrogens is 256 g/mol. The lowest BCUT2D eigenvalue weighted by atomic mass is 10.2. The van der Waals surface area contributed by atoms with E-state index in [-0.39, 0.29) is 17.6 Å². The number of phenolic OH excluding ortho intramolecular Hbond substituents is 1. The third kappa shape index (κ3) is 2.31. The summed E-state index contributed by atoms with van der Waals surface area (Å²) in [5.41, 5.74) is 2.17. The van der Waals surface area contributed by atoms with Crippen molar-refractivity contribution in [1.29, 1.82) is 0 Å². The molecule has 3 aromatic rings. The Bertz CT molecular complexity index is 777. The maximum Gasteiger partial charge on any atom is 0.258 e. The number of aryl methyl sites for hydroxylation is 1. The lowest BCUT2D eigenvalue weighted by molar-refractivity contribution is 0.102. The largest absolute Gasteiger partial charge is 0.508 e. The lowest BCUT2D eigenvalue weighted by Gasteiger charge is -2.00. The lowest BCUT2D eigenvalue weighted by Crippen LogP contribution is -2.12. The summed E-state index contributed by atoms with van der Waals surface area (Å²) >= 11 is 0. The molecule has 0 fully saturated rings. The minimum Gasteiger partial charge on any atom is -0.508 e. The van der Waals surface area contributed by atoms with E-state index >= 15 is 0 Å². The van der Waals surface area contributed by atoms with Gasteiger partial charge in [0.15, 0.2) is 5.65 Å². The highest BCUT2D eigenvalue weighted by atomic mass is 16.3. The van der Waals surface area contributed by atoms with E-state index in [0.717, 1.165) is 5.56 Å². The quantitative estimate of drug-likeness (QED) is 0.745. The minimum atomic E-state index is -0.322. The summed E-state index contributed by atoms with van der Waals surface area (Å²) in [6.07, 6.45) is 1.79. The molecule has 0 saturated carbocycles. The monoisotopic (exact) mass is 268 g/mol. The number of aromatic hydroxyl groups is 1. The number of carbonyl (C=O) groups is 1. The van der Waals surface area contributed by atoms with E-state index in [2.05, 4.69) is 15.4 Å². The number of anilines is 1. The molecular formula is C14H12N4O2. The molecule has 0 saturated heterocycles. The maximum absolute atomic E-state index is 12.0. The van der Waals surface area contributed by atoms with Crippen molar-refractivity contribution in [2.24, 2.45) is 0 Å². The molecule has 6 nitrogen and oxygen atoms in total. The predicted octanol–water partition coefficient (Wildman–Crippen LogP) is 2.00. The molecule has 100 valence electrons. The van der Waals surface area contributed by atoms with Gasteiger partial charge < -0.3 is 5.11 Å². The van der Waals surface area contributed by atoms with Crippen molar-refractivity contribution in [3.05, 3.63) is 53.7 Å². The Morgan fingerprint density at radius 3 is 2.75 bits per heavy atom. The summed E-state index contributed by atoms with van der Waals surface area (Å²) < 4.78 is 1.60. The molecule has 0 spiro atoms. The van der Waals surface area contributed by atoms with Gasteiger partial charge in [-0.25, -0.2) is 4.52 Å². The number of pyridine rings is 1. The van der Waals surface area contributed by atoms with Gasteiger partial charge in [-0.15, -0.1) is 5.10 Å². The normalized spacial score (nSPS) is 10.7. The number of hydrogen-bond donors (Lipinski definition) is 2. The Labute approximate surface area is 114 Å². The molecule has 1 amide bonds. The van der Waals surface area contributed by atoms with Gasteiger partial charge in [-0.1, -0.05) is 0 Å². The zero-order valence-corrected chi connectivity index (χ0v) is 10.7. The van der Waals surface area contributed by atoms with Crippen molar-refractivity contribution in [2.45, 2.75) is 6.92 Å². The van der Waals surface area contributed by atoms with Gasteiger partial charge in [0.2, 0.25) is 5.95 Å². The van der Waals surface area contributed by atoms with Crippen LogP contribution in [0.15, 0.2) is 42.6 Å². The first-order chi connectivity index (χ1) is 9.61. The first-order valence-corrected chi connectivity index (χ1v) is 6.05. The van der Waals surface area contributed by atoms with Crippen molar-refractivity contribution in [3.63, 3.8) is 0 Å². The molecule has 6 heteroatoms. The molecule has 0 aliphatic rings. The topological polar surface area (TPSA) is 79.5 Å². The highest BCUT2D eigenvalue weighted by Gasteiger charge is 2.10. The van der Waals surface area contributed by atoms with E-state index in [1.165, 1.54) is 24.3 Å². The first kappa shape index (κ1) is 12.2. The number of rotatable bonds is 2. The Balaban J connectivity index is 1.85. The van der Waals surface area contributed by atoms with Gasteiger partial charge in [-0.2, -0.15) is 4.98 Å². The number of phenols is 1. The van der Waals surface area contributed by atoms with E-state index in [0.29, 0.717) is 11.2 Å². The van der Waals surface area contributed by atoms with Gasteiger partial charge >= 0.3 is 0 Å². The molecule has 0 radical (unpaired) electrons. The summed E-state index contributed by atoms with van der Waals surface area (Å²) in [6.45, 7) is 1.96. The fraction of sp³-hybridized carbons (Fsp3) is 0.0714. The zero-order valence-electron chi connectivity index (χ0n) is 10.7. The standard InChI is InChI=1S/C14H12N4O2/c1-9-6-7-18-12(8-9)15-14(17-18)16-13(20)10-2-4-11(19)5-3-10/h2-8,19H,1H3,(H,16,17,20). The van der Waals surface area contributed by atoms with Gasteiger partial charge in [0, 0.05) is 11.8 Å². The van der Waals surface area contributed by atoms with Gasteiger partial charge in [0.05, 0.1) is 0 Å². The number of nitrogens with one attached hydrogen (secondary N) is 1. The van der Waals surface area contributed by atoms with Crippen LogP contribution >= 0.6 is 0 Å². The molecule has 2 aromatic heterocycles. The Morgan fingerprint density at radius 1 is 1.25 bits per heavy atom. The van der Waals surface area contributed by atoms with Crippen LogP contribution in [-0.2, 0) is 0 Å². The van der Waals surface area contributed by atoms with E-state index in [1.54, 1.807) is 10.7 Å². The molecule has 0 aliphatic heterocycles. The van der Waals surface area contributed by atoms with Crippen LogP contribution in [0, 0.1) is 6.92 Å². The number of carbonyl (C=O) groups excluding carboxylic acids is 1. The Hall–Kier alpha value is -2.89. The number of nitrogens with zero attached hydrogens (tertiary/aromatic N) is 3. The Kier molecular flexibility index (Phi) is 2.83. The summed E-state index contributed by atoms with van der Waals surface area (Å²) in [5, 5.41) is 16.0. The minimum absolute atomic E-state index is 0.114. The van der Waals surface area contributed by atoms with E-state index in [4.69, 9.17) is 0 Å². The van der Waals surface area contributed by atoms with Crippen LogP contribution in [-0.4, -0.2) is 25.6 Å². The number of benzene rings is 1. The first-order valence-electron chi connectivity index (χ1n) is 6.05. The van der Waals surface area contributed by atoms with Crippen molar-refractivity contribution in [1.82, 2.24) is 14.6 Å². The molecule has 3 rings (SSSR count). The van der Waals surface area contributed by atoms with Crippen molar-refractivity contribution >= 4 is 17.5 Å². The van der Waals surface area contributed by atoms with Crippen LogP contribution in [0.3, 0.4) is 0 Å². The second-order valence-corrected chi connectivity index (χ2v) is 4.44. The molecule has 20 heavy (non-hydrogen) atoms. The smallest absolute Gasteiger partial charge is 0.258 e. The summed E-state index contributed by atoms with van der Waals surface area (Å²) in [4.78, 5) is 16.2. The third-order valence-electron chi connectivity index (χ3n) is 2.85. The van der Waals surface area contributed by atoms with Gasteiger partial charge in [0.25, 0.3) is 5.91 Å². The fourth-order valence-electron chi connectivity index (χ4n) is 1.82. The van der Waals surface area contributed by atoms with Crippen LogP contribution in [0.2, 0.25) is 0 Å². The molecule has 1 aromatic carbocycles. The van der Waals surface area contributed by atoms with Gasteiger partial charge in [-0.3, -0.25) is 10.1 Å². The third-order valence-corrected chi connectivity index (χ3v) is 2.85. The second-order valence-electron chi connectivity index (χ2n) is 4.44. The van der Waals surface area contributed by atoms with Crippen LogP contribution < -0.4 is 5.32 Å². The number of hydrogen-bond acceptors (Lipinski definition) is 4. The average molecular weight is 268 g/mol. The molecule has 0 unspecified atom stereocenters. The molecule has 2 N–H and O–H groups in total. The average Bonchev–Trinajstić information content (AvgIpc) is 2.80. The van der Waals surface area contributed by atoms with Crippen LogP contribution in [0.4, 0.5) is 5.95 Å². The zero-order chi connectivity index (χ0) is 14.1. The van der Waals surface area contributed by atoms with E-state index < -0.39 is 0 Å². The molecule has 2 heterocycles. The molecule has 0 atom stereocenters. The number of aromatic nitrogens is 3. The second kappa shape index (κ2) is 4.65. The van der Waals surface area contributed by atoms with Crippen molar-refractivity contribution < 1.29 is 9.90 Å². The highest BCUT2D eigenvalue weighted by Crippen LogP contribution is 2.12. The van der Waals surface area contributed by atoms with Crippen LogP contribution in [0.25, 0.3) is 5.65 Å². The summed E-state index contributed by atoms with van der Waals surface area (Å²) in [7, 11) is 0. The summed E-state index contributed by atoms with van der Waals surface area (Å²) in [6, 6.07) is 9.76. The SMILES string of the molecule is Cc1ccn2nc(NC(=O)c3ccc(O)cc3)nc2c1.